The van der Waals surface area contributed by atoms with Crippen molar-refractivity contribution in [1.29, 1.82) is 0 Å². The van der Waals surface area contributed by atoms with Gasteiger partial charge in [0.2, 0.25) is 0 Å². The van der Waals surface area contributed by atoms with E-state index in [1.807, 2.05) is 0 Å². The molecule has 0 aliphatic rings. The van der Waals surface area contributed by atoms with Crippen LogP contribution < -0.4 is 5.32 Å². The maximum absolute atomic E-state index is 13.4. The lowest BCUT2D eigenvalue weighted by molar-refractivity contribution is 0.102. The summed E-state index contributed by atoms with van der Waals surface area (Å²) in [5, 5.41) is 20.7. The van der Waals surface area contributed by atoms with Crippen LogP contribution in [0.1, 0.15) is 10.4 Å². The molecular formula is C12H9FN2O3. The lowest BCUT2D eigenvalue weighted by atomic mass is 10.2. The predicted molar refractivity (Wildman–Crippen MR) is 61.9 cm³/mol. The van der Waals surface area contributed by atoms with E-state index in [-0.39, 0.29) is 22.7 Å². The summed E-state index contributed by atoms with van der Waals surface area (Å²) >= 11 is 0. The number of phenols is 1. The van der Waals surface area contributed by atoms with Crippen molar-refractivity contribution in [3.05, 3.63) is 48.0 Å². The quantitative estimate of drug-likeness (QED) is 0.709. The van der Waals surface area contributed by atoms with E-state index in [4.69, 9.17) is 5.11 Å². The van der Waals surface area contributed by atoms with Gasteiger partial charge in [-0.15, -0.1) is 0 Å². The Balaban J connectivity index is 2.24. The van der Waals surface area contributed by atoms with E-state index in [2.05, 4.69) is 10.3 Å². The van der Waals surface area contributed by atoms with Crippen molar-refractivity contribution in [2.24, 2.45) is 0 Å². The molecule has 5 nitrogen and oxygen atoms in total. The Bertz CT molecular complexity index is 602. The average molecular weight is 248 g/mol. The van der Waals surface area contributed by atoms with Crippen LogP contribution in [-0.2, 0) is 0 Å². The van der Waals surface area contributed by atoms with Gasteiger partial charge < -0.3 is 15.5 Å². The zero-order valence-electron chi connectivity index (χ0n) is 9.09. The Hall–Kier alpha value is -2.63. The number of hydrogen-bond donors (Lipinski definition) is 3. The third kappa shape index (κ3) is 2.37. The monoisotopic (exact) mass is 248 g/mol. The van der Waals surface area contributed by atoms with E-state index in [9.17, 15) is 14.3 Å². The molecule has 1 heterocycles. The highest BCUT2D eigenvalue weighted by Crippen LogP contribution is 2.21. The number of aromatic nitrogens is 1. The zero-order valence-corrected chi connectivity index (χ0v) is 9.09. The van der Waals surface area contributed by atoms with Gasteiger partial charge in [0.05, 0.1) is 17.4 Å². The molecule has 1 amide bonds. The molecule has 0 aliphatic heterocycles. The van der Waals surface area contributed by atoms with Crippen molar-refractivity contribution in [2.45, 2.75) is 0 Å². The van der Waals surface area contributed by atoms with E-state index in [0.29, 0.717) is 0 Å². The van der Waals surface area contributed by atoms with Crippen molar-refractivity contribution in [3.63, 3.8) is 0 Å². The zero-order chi connectivity index (χ0) is 13.1. The second-order valence-corrected chi connectivity index (χ2v) is 3.51. The van der Waals surface area contributed by atoms with Gasteiger partial charge in [-0.2, -0.15) is 0 Å². The summed E-state index contributed by atoms with van der Waals surface area (Å²) in [6.07, 6.45) is 2.45. The normalized spacial score (nSPS) is 10.1. The number of phenolic OH excluding ortho intramolecular Hbond substituents is 1. The molecule has 0 spiro atoms. The minimum Gasteiger partial charge on any atom is -0.508 e. The van der Waals surface area contributed by atoms with Gasteiger partial charge in [0.25, 0.3) is 5.91 Å². The number of pyridine rings is 1. The molecule has 2 aromatic rings. The number of carbonyl (C=O) groups is 1. The van der Waals surface area contributed by atoms with Crippen molar-refractivity contribution < 1.29 is 19.4 Å². The molecule has 3 N–H and O–H groups in total. The molecule has 1 aromatic heterocycles. The number of rotatable bonds is 2. The smallest absolute Gasteiger partial charge is 0.259 e. The molecule has 0 bridgehead atoms. The van der Waals surface area contributed by atoms with Crippen molar-refractivity contribution in [2.75, 3.05) is 5.32 Å². The van der Waals surface area contributed by atoms with Gasteiger partial charge in [-0.3, -0.25) is 9.78 Å². The summed E-state index contributed by atoms with van der Waals surface area (Å²) in [5.41, 5.74) is -0.105. The van der Waals surface area contributed by atoms with Crippen LogP contribution in [0.25, 0.3) is 0 Å². The molecule has 0 saturated carbocycles. The van der Waals surface area contributed by atoms with Gasteiger partial charge >= 0.3 is 0 Å². The van der Waals surface area contributed by atoms with Crippen LogP contribution in [0.5, 0.6) is 11.5 Å². The van der Waals surface area contributed by atoms with Crippen molar-refractivity contribution >= 4 is 11.6 Å². The molecular weight excluding hydrogens is 239 g/mol. The number of amides is 1. The van der Waals surface area contributed by atoms with Crippen LogP contribution in [0.15, 0.2) is 36.7 Å². The van der Waals surface area contributed by atoms with Gasteiger partial charge in [-0.25, -0.2) is 4.39 Å². The highest BCUT2D eigenvalue weighted by molar-refractivity contribution is 6.06. The minimum atomic E-state index is -0.767. The molecule has 0 saturated heterocycles. The number of nitrogens with one attached hydrogen (secondary N) is 1. The lowest BCUT2D eigenvalue weighted by Gasteiger charge is -2.07. The van der Waals surface area contributed by atoms with Crippen LogP contribution in [-0.4, -0.2) is 21.1 Å². The van der Waals surface area contributed by atoms with Gasteiger partial charge in [0.15, 0.2) is 0 Å². The molecule has 2 rings (SSSR count). The summed E-state index contributed by atoms with van der Waals surface area (Å²) in [5.74, 6) is -1.97. The Labute approximate surface area is 102 Å². The van der Waals surface area contributed by atoms with E-state index in [1.54, 1.807) is 0 Å². The van der Waals surface area contributed by atoms with Crippen molar-refractivity contribution in [1.82, 2.24) is 4.98 Å². The summed E-state index contributed by atoms with van der Waals surface area (Å²) < 4.78 is 13.4. The second kappa shape index (κ2) is 4.70. The summed E-state index contributed by atoms with van der Waals surface area (Å²) in [4.78, 5) is 15.4. The predicted octanol–water partition coefficient (Wildman–Crippen LogP) is 1.88. The molecule has 1 aromatic carbocycles. The Morgan fingerprint density at radius 3 is 2.72 bits per heavy atom. The van der Waals surface area contributed by atoms with E-state index >= 15 is 0 Å². The van der Waals surface area contributed by atoms with E-state index in [1.165, 1.54) is 24.4 Å². The van der Waals surface area contributed by atoms with Crippen LogP contribution in [0.2, 0.25) is 0 Å². The fourth-order valence-electron chi connectivity index (χ4n) is 1.37. The summed E-state index contributed by atoms with van der Waals surface area (Å²) in [7, 11) is 0. The summed E-state index contributed by atoms with van der Waals surface area (Å²) in [6, 6.07) is 4.65. The average Bonchev–Trinajstić information content (AvgIpc) is 2.33. The number of halogens is 1. The third-order valence-electron chi connectivity index (χ3n) is 2.25. The Morgan fingerprint density at radius 2 is 2.06 bits per heavy atom. The fraction of sp³-hybridized carbons (Fsp3) is 0. The molecule has 0 fully saturated rings. The minimum absolute atomic E-state index is 0.0162. The van der Waals surface area contributed by atoms with Crippen LogP contribution in [0, 0.1) is 5.82 Å². The number of anilines is 1. The standard InChI is InChI=1S/C12H9FN2O3/c13-9-5-7(16)1-2-10(9)15-12(18)8-3-4-14-6-11(8)17/h1-6,16-17H,(H,15,18). The first-order valence-electron chi connectivity index (χ1n) is 5.01. The highest BCUT2D eigenvalue weighted by Gasteiger charge is 2.13. The maximum atomic E-state index is 13.4. The largest absolute Gasteiger partial charge is 0.508 e. The third-order valence-corrected chi connectivity index (χ3v) is 2.25. The first-order valence-corrected chi connectivity index (χ1v) is 5.01. The molecule has 0 aliphatic carbocycles. The molecule has 0 radical (unpaired) electrons. The van der Waals surface area contributed by atoms with Gasteiger partial charge in [-0.05, 0) is 18.2 Å². The fourth-order valence-corrected chi connectivity index (χ4v) is 1.37. The summed E-state index contributed by atoms with van der Waals surface area (Å²) in [6.45, 7) is 0. The number of aromatic hydroxyl groups is 2. The number of nitrogens with zero attached hydrogens (tertiary/aromatic N) is 1. The first-order chi connectivity index (χ1) is 8.58. The van der Waals surface area contributed by atoms with Gasteiger partial charge in [0.1, 0.15) is 17.3 Å². The molecule has 18 heavy (non-hydrogen) atoms. The van der Waals surface area contributed by atoms with Crippen LogP contribution in [0.4, 0.5) is 10.1 Å². The number of hydrogen-bond acceptors (Lipinski definition) is 4. The molecule has 92 valence electrons. The van der Waals surface area contributed by atoms with Crippen molar-refractivity contribution in [3.8, 4) is 11.5 Å². The maximum Gasteiger partial charge on any atom is 0.259 e. The van der Waals surface area contributed by atoms with E-state index < -0.39 is 11.7 Å². The SMILES string of the molecule is O=C(Nc1ccc(O)cc1F)c1ccncc1O. The Morgan fingerprint density at radius 1 is 1.28 bits per heavy atom. The molecule has 0 unspecified atom stereocenters. The topological polar surface area (TPSA) is 82.5 Å². The number of carbonyl (C=O) groups excluding carboxylic acids is 1. The van der Waals surface area contributed by atoms with Gasteiger partial charge in [-0.1, -0.05) is 0 Å². The molecule has 0 atom stereocenters. The highest BCUT2D eigenvalue weighted by atomic mass is 19.1. The van der Waals surface area contributed by atoms with Gasteiger partial charge in [0, 0.05) is 12.3 Å². The second-order valence-electron chi connectivity index (χ2n) is 3.51. The Kier molecular flexibility index (Phi) is 3.09. The number of benzene rings is 1. The van der Waals surface area contributed by atoms with Crippen LogP contribution >= 0.6 is 0 Å². The van der Waals surface area contributed by atoms with E-state index in [0.717, 1.165) is 12.3 Å². The molecule has 6 heteroatoms. The van der Waals surface area contributed by atoms with Crippen LogP contribution in [0.3, 0.4) is 0 Å². The first kappa shape index (κ1) is 11.8. The lowest BCUT2D eigenvalue weighted by Crippen LogP contribution is -2.13.